The summed E-state index contributed by atoms with van der Waals surface area (Å²) in [6.45, 7) is 7.76. The van der Waals surface area contributed by atoms with Gasteiger partial charge in [-0.05, 0) is 20.8 Å². The average molecular weight is 225 g/mol. The van der Waals surface area contributed by atoms with Crippen LogP contribution in [-0.2, 0) is 11.3 Å². The van der Waals surface area contributed by atoms with E-state index in [-0.39, 0.29) is 5.91 Å². The first-order chi connectivity index (χ1) is 7.65. The van der Waals surface area contributed by atoms with Crippen LogP contribution >= 0.6 is 0 Å². The normalized spacial score (nSPS) is 10.4. The maximum absolute atomic E-state index is 11.2. The van der Waals surface area contributed by atoms with Crippen molar-refractivity contribution in [2.24, 2.45) is 0 Å². The van der Waals surface area contributed by atoms with E-state index < -0.39 is 0 Å². The molecule has 0 aliphatic carbocycles. The Morgan fingerprint density at radius 3 is 2.75 bits per heavy atom. The third-order valence-corrected chi connectivity index (χ3v) is 2.39. The molecule has 1 amide bonds. The van der Waals surface area contributed by atoms with Crippen LogP contribution in [0.3, 0.4) is 0 Å². The summed E-state index contributed by atoms with van der Waals surface area (Å²) >= 11 is 0. The third-order valence-electron chi connectivity index (χ3n) is 2.39. The molecular formula is C11H19N3O2. The lowest BCUT2D eigenvalue weighted by Gasteiger charge is -2.04. The molecule has 1 aromatic rings. The summed E-state index contributed by atoms with van der Waals surface area (Å²) in [6.07, 6.45) is 0.497. The number of carbonyl (C=O) groups is 1. The van der Waals surface area contributed by atoms with E-state index in [4.69, 9.17) is 4.52 Å². The highest BCUT2D eigenvalue weighted by Crippen LogP contribution is 2.11. The zero-order valence-electron chi connectivity index (χ0n) is 10.1. The fourth-order valence-electron chi connectivity index (χ4n) is 1.46. The van der Waals surface area contributed by atoms with Crippen LogP contribution in [0, 0.1) is 13.8 Å². The van der Waals surface area contributed by atoms with Crippen molar-refractivity contribution in [1.82, 2.24) is 15.8 Å². The fraction of sp³-hybridized carbons (Fsp3) is 0.636. The molecule has 0 radical (unpaired) electrons. The van der Waals surface area contributed by atoms with Crippen LogP contribution in [0.1, 0.15) is 30.4 Å². The molecule has 0 unspecified atom stereocenters. The van der Waals surface area contributed by atoms with Crippen LogP contribution in [0.4, 0.5) is 0 Å². The van der Waals surface area contributed by atoms with Crippen molar-refractivity contribution in [2.45, 2.75) is 33.7 Å². The Morgan fingerprint density at radius 2 is 2.19 bits per heavy atom. The van der Waals surface area contributed by atoms with E-state index in [0.29, 0.717) is 26.1 Å². The third kappa shape index (κ3) is 3.66. The van der Waals surface area contributed by atoms with Crippen LogP contribution in [0.5, 0.6) is 0 Å². The molecule has 1 rings (SSSR count). The average Bonchev–Trinajstić information content (AvgIpc) is 2.55. The molecule has 2 N–H and O–H groups in total. The number of amides is 1. The Bertz CT molecular complexity index is 327. The summed E-state index contributed by atoms with van der Waals surface area (Å²) in [4.78, 5) is 11.2. The van der Waals surface area contributed by atoms with Gasteiger partial charge in [-0.1, -0.05) is 5.16 Å². The Balaban J connectivity index is 2.23. The molecule has 1 heterocycles. The molecule has 0 aliphatic rings. The van der Waals surface area contributed by atoms with Gasteiger partial charge in [0.15, 0.2) is 0 Å². The van der Waals surface area contributed by atoms with Gasteiger partial charge in [0.25, 0.3) is 0 Å². The van der Waals surface area contributed by atoms with Gasteiger partial charge in [0, 0.05) is 31.6 Å². The number of aryl methyl sites for hydroxylation is 2. The molecule has 0 bridgehead atoms. The molecular weight excluding hydrogens is 206 g/mol. The number of nitrogens with one attached hydrogen (secondary N) is 2. The van der Waals surface area contributed by atoms with Gasteiger partial charge in [0.2, 0.25) is 5.91 Å². The lowest BCUT2D eigenvalue weighted by atomic mass is 10.2. The first kappa shape index (κ1) is 12.7. The smallest absolute Gasteiger partial charge is 0.221 e. The van der Waals surface area contributed by atoms with Crippen molar-refractivity contribution in [2.75, 3.05) is 13.1 Å². The minimum atomic E-state index is 0.0776. The number of carbonyl (C=O) groups excluding carboxylic acids is 1. The minimum Gasteiger partial charge on any atom is -0.361 e. The van der Waals surface area contributed by atoms with E-state index >= 15 is 0 Å². The van der Waals surface area contributed by atoms with Crippen LogP contribution in [0.25, 0.3) is 0 Å². The van der Waals surface area contributed by atoms with Crippen LogP contribution in [-0.4, -0.2) is 24.2 Å². The van der Waals surface area contributed by atoms with Crippen LogP contribution in [0.15, 0.2) is 4.52 Å². The Hall–Kier alpha value is -1.36. The number of hydrogen-bond acceptors (Lipinski definition) is 4. The number of rotatable bonds is 6. The van der Waals surface area contributed by atoms with Crippen molar-refractivity contribution >= 4 is 5.91 Å². The lowest BCUT2D eigenvalue weighted by Crippen LogP contribution is -2.27. The maximum atomic E-state index is 11.2. The highest BCUT2D eigenvalue weighted by atomic mass is 16.5. The first-order valence-corrected chi connectivity index (χ1v) is 5.54. The van der Waals surface area contributed by atoms with Crippen LogP contribution in [0.2, 0.25) is 0 Å². The second-order valence-corrected chi connectivity index (χ2v) is 3.68. The second-order valence-electron chi connectivity index (χ2n) is 3.68. The van der Waals surface area contributed by atoms with E-state index in [9.17, 15) is 4.79 Å². The van der Waals surface area contributed by atoms with Gasteiger partial charge in [0.05, 0.1) is 5.69 Å². The summed E-state index contributed by atoms with van der Waals surface area (Å²) in [5, 5.41) is 9.82. The van der Waals surface area contributed by atoms with Crippen molar-refractivity contribution in [3.05, 3.63) is 17.0 Å². The van der Waals surface area contributed by atoms with Gasteiger partial charge < -0.3 is 15.2 Å². The summed E-state index contributed by atoms with van der Waals surface area (Å²) < 4.78 is 5.04. The zero-order valence-corrected chi connectivity index (χ0v) is 10.1. The van der Waals surface area contributed by atoms with E-state index in [1.807, 2.05) is 20.8 Å². The molecule has 0 aliphatic heterocycles. The van der Waals surface area contributed by atoms with Gasteiger partial charge in [-0.15, -0.1) is 0 Å². The van der Waals surface area contributed by atoms with Gasteiger partial charge in [-0.3, -0.25) is 4.79 Å². The maximum Gasteiger partial charge on any atom is 0.221 e. The standard InChI is InChI=1S/C11H19N3O2/c1-4-13-11(15)5-6-12-7-10-8(2)14-16-9(10)3/h12H,4-7H2,1-3H3,(H,13,15). The van der Waals surface area contributed by atoms with E-state index in [1.54, 1.807) is 0 Å². The predicted molar refractivity (Wildman–Crippen MR) is 61.0 cm³/mol. The fourth-order valence-corrected chi connectivity index (χ4v) is 1.46. The van der Waals surface area contributed by atoms with Crippen molar-refractivity contribution in [1.29, 1.82) is 0 Å². The molecule has 0 saturated carbocycles. The van der Waals surface area contributed by atoms with E-state index in [2.05, 4.69) is 15.8 Å². The SMILES string of the molecule is CCNC(=O)CCNCc1c(C)noc1C. The van der Waals surface area contributed by atoms with E-state index in [1.165, 1.54) is 0 Å². The summed E-state index contributed by atoms with van der Waals surface area (Å²) in [6, 6.07) is 0. The summed E-state index contributed by atoms with van der Waals surface area (Å²) in [7, 11) is 0. The first-order valence-electron chi connectivity index (χ1n) is 5.54. The molecule has 0 atom stereocenters. The molecule has 0 spiro atoms. The number of aromatic nitrogens is 1. The minimum absolute atomic E-state index is 0.0776. The predicted octanol–water partition coefficient (Wildman–Crippen LogP) is 0.907. The molecule has 1 aromatic heterocycles. The van der Waals surface area contributed by atoms with Crippen molar-refractivity contribution < 1.29 is 9.32 Å². The molecule has 5 heteroatoms. The van der Waals surface area contributed by atoms with Gasteiger partial charge in [0.1, 0.15) is 5.76 Å². The Labute approximate surface area is 95.6 Å². The molecule has 90 valence electrons. The quantitative estimate of drug-likeness (QED) is 0.706. The molecule has 0 saturated heterocycles. The number of nitrogens with zero attached hydrogens (tertiary/aromatic N) is 1. The summed E-state index contributed by atoms with van der Waals surface area (Å²) in [5.41, 5.74) is 1.99. The molecule has 5 nitrogen and oxygen atoms in total. The second kappa shape index (κ2) is 6.27. The number of hydrogen-bond donors (Lipinski definition) is 2. The van der Waals surface area contributed by atoms with Crippen molar-refractivity contribution in [3.63, 3.8) is 0 Å². The topological polar surface area (TPSA) is 67.2 Å². The molecule has 0 fully saturated rings. The van der Waals surface area contributed by atoms with Crippen LogP contribution < -0.4 is 10.6 Å². The van der Waals surface area contributed by atoms with Gasteiger partial charge >= 0.3 is 0 Å². The van der Waals surface area contributed by atoms with Gasteiger partial charge in [-0.2, -0.15) is 0 Å². The molecule has 16 heavy (non-hydrogen) atoms. The van der Waals surface area contributed by atoms with Crippen molar-refractivity contribution in [3.8, 4) is 0 Å². The highest BCUT2D eigenvalue weighted by molar-refractivity contribution is 5.75. The lowest BCUT2D eigenvalue weighted by molar-refractivity contribution is -0.120. The highest BCUT2D eigenvalue weighted by Gasteiger charge is 2.08. The zero-order chi connectivity index (χ0) is 12.0. The largest absolute Gasteiger partial charge is 0.361 e. The Kier molecular flexibility index (Phi) is 4.98. The Morgan fingerprint density at radius 1 is 1.44 bits per heavy atom. The van der Waals surface area contributed by atoms with E-state index in [0.717, 1.165) is 17.0 Å². The monoisotopic (exact) mass is 225 g/mol. The molecule has 0 aromatic carbocycles. The van der Waals surface area contributed by atoms with Gasteiger partial charge in [-0.25, -0.2) is 0 Å². The summed E-state index contributed by atoms with van der Waals surface area (Å²) in [5.74, 6) is 0.914.